The molecule has 5 aliphatic rings. The van der Waals surface area contributed by atoms with E-state index in [1.807, 2.05) is 0 Å². The Balaban J connectivity index is 1.32. The molecule has 0 aromatic rings. The lowest BCUT2D eigenvalue weighted by molar-refractivity contribution is -0.237. The summed E-state index contributed by atoms with van der Waals surface area (Å²) in [6, 6.07) is 0.0259. The van der Waals surface area contributed by atoms with E-state index in [-0.39, 0.29) is 18.1 Å². The van der Waals surface area contributed by atoms with E-state index < -0.39 is 54.2 Å². The number of carbonyl (C=O) groups excluding carboxylic acids is 3. The predicted octanol–water partition coefficient (Wildman–Crippen LogP) is 4.69. The highest BCUT2D eigenvalue weighted by Gasteiger charge is 2.65. The normalized spacial score (nSPS) is 36.5. The molecule has 5 fully saturated rings. The van der Waals surface area contributed by atoms with Crippen molar-refractivity contribution in [1.29, 1.82) is 0 Å². The van der Waals surface area contributed by atoms with Gasteiger partial charge in [0.1, 0.15) is 12.2 Å². The Labute approximate surface area is 232 Å². The smallest absolute Gasteiger partial charge is 0.321 e. The van der Waals surface area contributed by atoms with E-state index in [0.29, 0.717) is 0 Å². The number of rotatable bonds is 4. The maximum absolute atomic E-state index is 13.8. The molecule has 3 aliphatic heterocycles. The third-order valence-corrected chi connectivity index (χ3v) is 9.09. The van der Waals surface area contributed by atoms with Gasteiger partial charge in [-0.15, -0.1) is 0 Å². The first kappa shape index (κ1) is 28.8. The summed E-state index contributed by atoms with van der Waals surface area (Å²) in [4.78, 5) is 40.9. The number of hydrogen-bond donors (Lipinski definition) is 1. The number of nitrogens with one attached hydrogen (secondary N) is 1. The van der Waals surface area contributed by atoms with Crippen LogP contribution in [0.5, 0.6) is 0 Å². The summed E-state index contributed by atoms with van der Waals surface area (Å²) in [7, 11) is 0. The Bertz CT molecular complexity index is 859. The van der Waals surface area contributed by atoms with Gasteiger partial charge in [0.2, 0.25) is 5.91 Å². The molecule has 220 valence electrons. The zero-order valence-electron chi connectivity index (χ0n) is 23.7. The molecule has 9 nitrogen and oxygen atoms in total. The van der Waals surface area contributed by atoms with E-state index in [2.05, 4.69) is 5.32 Å². The van der Waals surface area contributed by atoms with Crippen LogP contribution in [0.4, 0.5) is 0 Å². The van der Waals surface area contributed by atoms with Gasteiger partial charge in [0, 0.05) is 6.04 Å². The Hall–Kier alpha value is -1.71. The number of fused-ring (bicyclic) bond motifs is 3. The van der Waals surface area contributed by atoms with Crippen LogP contribution in [0.15, 0.2) is 0 Å². The minimum atomic E-state index is -1.37. The highest BCUT2D eigenvalue weighted by Crippen LogP contribution is 2.45. The Morgan fingerprint density at radius 3 is 1.97 bits per heavy atom. The van der Waals surface area contributed by atoms with Crippen LogP contribution in [0, 0.1) is 11.8 Å². The van der Waals surface area contributed by atoms with Crippen molar-refractivity contribution in [3.63, 3.8) is 0 Å². The Morgan fingerprint density at radius 1 is 0.769 bits per heavy atom. The molecule has 0 bridgehead atoms. The molecule has 2 aliphatic carbocycles. The molecule has 1 amide bonds. The molecule has 0 aromatic carbocycles. The van der Waals surface area contributed by atoms with Crippen molar-refractivity contribution in [2.75, 3.05) is 0 Å². The monoisotopic (exact) mass is 549 g/mol. The molecular formula is C30H47NO8. The predicted molar refractivity (Wildman–Crippen MR) is 141 cm³/mol. The van der Waals surface area contributed by atoms with Gasteiger partial charge in [0.25, 0.3) is 0 Å². The minimum Gasteiger partial charge on any atom is -0.462 e. The van der Waals surface area contributed by atoms with Gasteiger partial charge in [-0.1, -0.05) is 64.2 Å². The van der Waals surface area contributed by atoms with Crippen LogP contribution in [0.25, 0.3) is 0 Å². The third kappa shape index (κ3) is 6.96. The van der Waals surface area contributed by atoms with Crippen LogP contribution >= 0.6 is 0 Å². The molecular weight excluding hydrogens is 502 g/mol. The average Bonchev–Trinajstić information content (AvgIpc) is 3.36. The lowest BCUT2D eigenvalue weighted by Crippen LogP contribution is -2.59. The highest BCUT2D eigenvalue weighted by atomic mass is 16.8. The quantitative estimate of drug-likeness (QED) is 0.398. The SMILES string of the molecule is CC1(C)O[C@H]2O[C@H]3[C@H](OC(=O)[C@@H](C(=O)OC4CCCCCCCCCCC4)[C@@H]3C(=O)NC3CCCCC3)[C@H]2O1. The fourth-order valence-electron chi connectivity index (χ4n) is 7.04. The van der Waals surface area contributed by atoms with Crippen molar-refractivity contribution in [1.82, 2.24) is 5.32 Å². The van der Waals surface area contributed by atoms with Crippen molar-refractivity contribution in [2.24, 2.45) is 11.8 Å². The molecule has 3 heterocycles. The fraction of sp³-hybridized carbons (Fsp3) is 0.900. The second-order valence-corrected chi connectivity index (χ2v) is 12.6. The van der Waals surface area contributed by atoms with Crippen LogP contribution in [-0.4, -0.2) is 60.4 Å². The number of hydrogen-bond acceptors (Lipinski definition) is 8. The fourth-order valence-corrected chi connectivity index (χ4v) is 7.04. The number of ether oxygens (including phenoxy) is 5. The van der Waals surface area contributed by atoms with E-state index >= 15 is 0 Å². The van der Waals surface area contributed by atoms with Gasteiger partial charge in [-0.05, 0) is 52.4 Å². The van der Waals surface area contributed by atoms with E-state index in [9.17, 15) is 14.4 Å². The number of esters is 2. The van der Waals surface area contributed by atoms with Crippen molar-refractivity contribution >= 4 is 17.8 Å². The second kappa shape index (κ2) is 12.9. The van der Waals surface area contributed by atoms with Crippen LogP contribution in [-0.2, 0) is 38.1 Å². The molecule has 9 heteroatoms. The van der Waals surface area contributed by atoms with Gasteiger partial charge in [-0.3, -0.25) is 14.4 Å². The van der Waals surface area contributed by atoms with E-state index in [4.69, 9.17) is 23.7 Å². The van der Waals surface area contributed by atoms with Gasteiger partial charge < -0.3 is 29.0 Å². The maximum atomic E-state index is 13.8. The summed E-state index contributed by atoms with van der Waals surface area (Å²) in [5.74, 6) is -5.09. The van der Waals surface area contributed by atoms with Gasteiger partial charge in [0.05, 0.1) is 5.92 Å². The van der Waals surface area contributed by atoms with Crippen molar-refractivity contribution < 1.29 is 38.1 Å². The number of amides is 1. The minimum absolute atomic E-state index is 0.0259. The molecule has 6 atom stereocenters. The third-order valence-electron chi connectivity index (χ3n) is 9.09. The summed E-state index contributed by atoms with van der Waals surface area (Å²) in [5, 5.41) is 3.12. The van der Waals surface area contributed by atoms with E-state index in [0.717, 1.165) is 70.6 Å². The van der Waals surface area contributed by atoms with E-state index in [1.165, 1.54) is 32.1 Å². The molecule has 0 aromatic heterocycles. The first-order valence-electron chi connectivity index (χ1n) is 15.5. The van der Waals surface area contributed by atoms with Crippen LogP contribution in [0.2, 0.25) is 0 Å². The molecule has 39 heavy (non-hydrogen) atoms. The number of carbonyl (C=O) groups is 3. The zero-order chi connectivity index (χ0) is 27.4. The molecule has 5 rings (SSSR count). The van der Waals surface area contributed by atoms with Crippen LogP contribution in [0.1, 0.15) is 117 Å². The largest absolute Gasteiger partial charge is 0.462 e. The zero-order valence-corrected chi connectivity index (χ0v) is 23.7. The van der Waals surface area contributed by atoms with Gasteiger partial charge in [-0.25, -0.2) is 0 Å². The molecule has 2 saturated carbocycles. The summed E-state index contributed by atoms with van der Waals surface area (Å²) < 4.78 is 29.8. The summed E-state index contributed by atoms with van der Waals surface area (Å²) in [5.41, 5.74) is 0. The first-order chi connectivity index (χ1) is 18.8. The Kier molecular flexibility index (Phi) is 9.50. The maximum Gasteiger partial charge on any atom is 0.321 e. The molecule has 0 radical (unpaired) electrons. The van der Waals surface area contributed by atoms with Crippen molar-refractivity contribution in [2.45, 2.75) is 159 Å². The van der Waals surface area contributed by atoms with Gasteiger partial charge in [0.15, 0.2) is 30.2 Å². The van der Waals surface area contributed by atoms with Gasteiger partial charge >= 0.3 is 11.9 Å². The first-order valence-corrected chi connectivity index (χ1v) is 15.5. The van der Waals surface area contributed by atoms with Crippen LogP contribution < -0.4 is 5.32 Å². The average molecular weight is 550 g/mol. The van der Waals surface area contributed by atoms with E-state index in [1.54, 1.807) is 13.8 Å². The van der Waals surface area contributed by atoms with Gasteiger partial charge in [-0.2, -0.15) is 0 Å². The van der Waals surface area contributed by atoms with Crippen molar-refractivity contribution in [3.8, 4) is 0 Å². The van der Waals surface area contributed by atoms with Crippen LogP contribution in [0.3, 0.4) is 0 Å². The summed E-state index contributed by atoms with van der Waals surface area (Å²) >= 11 is 0. The van der Waals surface area contributed by atoms with Crippen molar-refractivity contribution in [3.05, 3.63) is 0 Å². The molecule has 1 N–H and O–H groups in total. The topological polar surface area (TPSA) is 109 Å². The standard InChI is InChI=1S/C30H47NO8/c1-30(2)38-25-24-23(37-29(25)39-30)21(26(32)31-19-15-11-10-12-16-19)22(28(34)36-24)27(33)35-20-17-13-8-6-4-3-5-7-9-14-18-20/h19-25,29H,3-18H2,1-2H3,(H,31,32)/t21-,22+,23+,24-,25+,29+/m0/s1. The second-order valence-electron chi connectivity index (χ2n) is 12.6. The Morgan fingerprint density at radius 2 is 1.33 bits per heavy atom. The molecule has 0 unspecified atom stereocenters. The molecule has 0 spiro atoms. The summed E-state index contributed by atoms with van der Waals surface area (Å²) in [6.45, 7) is 3.54. The lowest BCUT2D eigenvalue weighted by Gasteiger charge is -2.38. The lowest BCUT2D eigenvalue weighted by atomic mass is 9.80. The summed E-state index contributed by atoms with van der Waals surface area (Å²) in [6.07, 6.45) is 13.6. The highest BCUT2D eigenvalue weighted by molar-refractivity contribution is 6.01. The molecule has 3 saturated heterocycles.